The SMILES string of the molecule is CC(=O)c1nn(C)c2ccc(Br)cc12. The number of hydrogen-bond donors (Lipinski definition) is 0. The number of carbonyl (C=O) groups is 1. The Morgan fingerprint density at radius 3 is 2.86 bits per heavy atom. The molecule has 1 heterocycles. The summed E-state index contributed by atoms with van der Waals surface area (Å²) in [6.45, 7) is 1.53. The average molecular weight is 253 g/mol. The standard InChI is InChI=1S/C10H9BrN2O/c1-6(14)10-8-5-7(11)3-4-9(8)13(2)12-10/h3-5H,1-2H3. The molecule has 0 radical (unpaired) electrons. The Morgan fingerprint density at radius 2 is 2.21 bits per heavy atom. The van der Waals surface area contributed by atoms with Gasteiger partial charge in [-0.3, -0.25) is 9.48 Å². The number of aromatic nitrogens is 2. The summed E-state index contributed by atoms with van der Waals surface area (Å²) in [5.74, 6) is -0.00583. The van der Waals surface area contributed by atoms with Crippen molar-refractivity contribution in [2.45, 2.75) is 6.92 Å². The molecule has 3 nitrogen and oxygen atoms in total. The number of aryl methyl sites for hydroxylation is 1. The average Bonchev–Trinajstić information content (AvgIpc) is 2.43. The predicted molar refractivity (Wildman–Crippen MR) is 58.4 cm³/mol. The second kappa shape index (κ2) is 3.20. The van der Waals surface area contributed by atoms with Crippen LogP contribution >= 0.6 is 15.9 Å². The molecular formula is C10H9BrN2O. The van der Waals surface area contributed by atoms with Gasteiger partial charge >= 0.3 is 0 Å². The van der Waals surface area contributed by atoms with Gasteiger partial charge in [-0.1, -0.05) is 15.9 Å². The molecule has 1 aromatic carbocycles. The first-order valence-electron chi connectivity index (χ1n) is 4.23. The Labute approximate surface area is 89.8 Å². The summed E-state index contributed by atoms with van der Waals surface area (Å²) in [6.07, 6.45) is 0. The van der Waals surface area contributed by atoms with Gasteiger partial charge in [0.15, 0.2) is 5.78 Å². The van der Waals surface area contributed by atoms with Crippen molar-refractivity contribution in [3.63, 3.8) is 0 Å². The van der Waals surface area contributed by atoms with Crippen LogP contribution in [-0.2, 0) is 7.05 Å². The van der Waals surface area contributed by atoms with E-state index in [0.29, 0.717) is 5.69 Å². The van der Waals surface area contributed by atoms with Gasteiger partial charge in [-0.05, 0) is 18.2 Å². The van der Waals surface area contributed by atoms with E-state index in [4.69, 9.17) is 0 Å². The summed E-state index contributed by atoms with van der Waals surface area (Å²) in [7, 11) is 1.84. The highest BCUT2D eigenvalue weighted by atomic mass is 79.9. The Balaban J connectivity index is 2.85. The van der Waals surface area contributed by atoms with E-state index in [-0.39, 0.29) is 5.78 Å². The Bertz CT molecular complexity index is 516. The largest absolute Gasteiger partial charge is 0.293 e. The fourth-order valence-corrected chi connectivity index (χ4v) is 1.86. The summed E-state index contributed by atoms with van der Waals surface area (Å²) < 4.78 is 2.68. The molecule has 0 unspecified atom stereocenters. The second-order valence-corrected chi connectivity index (χ2v) is 4.11. The van der Waals surface area contributed by atoms with Gasteiger partial charge in [0.05, 0.1) is 5.52 Å². The molecule has 0 atom stereocenters. The number of halogens is 1. The van der Waals surface area contributed by atoms with Crippen LogP contribution in [0.5, 0.6) is 0 Å². The van der Waals surface area contributed by atoms with Gasteiger partial charge in [-0.15, -0.1) is 0 Å². The third-order valence-corrected chi connectivity index (χ3v) is 2.64. The molecular weight excluding hydrogens is 244 g/mol. The normalized spacial score (nSPS) is 10.8. The predicted octanol–water partition coefficient (Wildman–Crippen LogP) is 2.54. The van der Waals surface area contributed by atoms with Gasteiger partial charge < -0.3 is 0 Å². The first kappa shape index (κ1) is 9.40. The van der Waals surface area contributed by atoms with Crippen molar-refractivity contribution in [3.8, 4) is 0 Å². The molecule has 2 aromatic rings. The lowest BCUT2D eigenvalue weighted by molar-refractivity contribution is 0.101. The second-order valence-electron chi connectivity index (χ2n) is 3.19. The van der Waals surface area contributed by atoms with Crippen LogP contribution in [0, 0.1) is 0 Å². The summed E-state index contributed by atoms with van der Waals surface area (Å²) in [4.78, 5) is 11.3. The molecule has 2 rings (SSSR count). The van der Waals surface area contributed by atoms with Crippen molar-refractivity contribution in [1.29, 1.82) is 0 Å². The smallest absolute Gasteiger partial charge is 0.180 e. The van der Waals surface area contributed by atoms with Gasteiger partial charge in [0.1, 0.15) is 5.69 Å². The van der Waals surface area contributed by atoms with E-state index in [1.54, 1.807) is 4.68 Å². The van der Waals surface area contributed by atoms with Gasteiger partial charge in [0.2, 0.25) is 0 Å². The van der Waals surface area contributed by atoms with E-state index in [2.05, 4.69) is 21.0 Å². The summed E-state index contributed by atoms with van der Waals surface area (Å²) in [6, 6.07) is 5.80. The van der Waals surface area contributed by atoms with E-state index < -0.39 is 0 Å². The fraction of sp³-hybridized carbons (Fsp3) is 0.200. The zero-order valence-electron chi connectivity index (χ0n) is 7.91. The van der Waals surface area contributed by atoms with Gasteiger partial charge in [-0.2, -0.15) is 5.10 Å². The van der Waals surface area contributed by atoms with E-state index >= 15 is 0 Å². The van der Waals surface area contributed by atoms with E-state index in [1.165, 1.54) is 6.92 Å². The van der Waals surface area contributed by atoms with Crippen LogP contribution in [0.4, 0.5) is 0 Å². The summed E-state index contributed by atoms with van der Waals surface area (Å²) in [5.41, 5.74) is 1.50. The Kier molecular flexibility index (Phi) is 2.15. The molecule has 0 saturated carbocycles. The van der Waals surface area contributed by atoms with Crippen molar-refractivity contribution in [1.82, 2.24) is 9.78 Å². The molecule has 72 valence electrons. The monoisotopic (exact) mass is 252 g/mol. The minimum Gasteiger partial charge on any atom is -0.293 e. The van der Waals surface area contributed by atoms with Crippen molar-refractivity contribution in [2.24, 2.45) is 7.05 Å². The number of ketones is 1. The van der Waals surface area contributed by atoms with Crippen LogP contribution < -0.4 is 0 Å². The molecule has 0 bridgehead atoms. The molecule has 14 heavy (non-hydrogen) atoms. The Hall–Kier alpha value is -1.16. The number of nitrogens with zero attached hydrogens (tertiary/aromatic N) is 2. The number of fused-ring (bicyclic) bond motifs is 1. The van der Waals surface area contributed by atoms with Crippen molar-refractivity contribution in [3.05, 3.63) is 28.4 Å². The Morgan fingerprint density at radius 1 is 1.50 bits per heavy atom. The lowest BCUT2D eigenvalue weighted by Crippen LogP contribution is -1.95. The van der Waals surface area contributed by atoms with Crippen LogP contribution in [-0.4, -0.2) is 15.6 Å². The summed E-state index contributed by atoms with van der Waals surface area (Å²) >= 11 is 3.38. The fourth-order valence-electron chi connectivity index (χ4n) is 1.50. The molecule has 0 aliphatic rings. The molecule has 1 aromatic heterocycles. The molecule has 0 saturated heterocycles. The molecule has 0 aliphatic carbocycles. The number of hydrogen-bond acceptors (Lipinski definition) is 2. The van der Waals surface area contributed by atoms with E-state index in [9.17, 15) is 4.79 Å². The van der Waals surface area contributed by atoms with Gasteiger partial charge in [-0.25, -0.2) is 0 Å². The molecule has 0 fully saturated rings. The van der Waals surface area contributed by atoms with Crippen LogP contribution in [0.2, 0.25) is 0 Å². The van der Waals surface area contributed by atoms with Crippen LogP contribution in [0.15, 0.2) is 22.7 Å². The quantitative estimate of drug-likeness (QED) is 0.732. The maximum atomic E-state index is 11.3. The highest BCUT2D eigenvalue weighted by molar-refractivity contribution is 9.10. The van der Waals surface area contributed by atoms with Crippen molar-refractivity contribution < 1.29 is 4.79 Å². The molecule has 0 amide bonds. The van der Waals surface area contributed by atoms with Gasteiger partial charge in [0, 0.05) is 23.8 Å². The maximum Gasteiger partial charge on any atom is 0.180 e. The topological polar surface area (TPSA) is 34.9 Å². The number of carbonyl (C=O) groups excluding carboxylic acids is 1. The van der Waals surface area contributed by atoms with Crippen LogP contribution in [0.25, 0.3) is 10.9 Å². The van der Waals surface area contributed by atoms with Gasteiger partial charge in [0.25, 0.3) is 0 Å². The van der Waals surface area contributed by atoms with E-state index in [0.717, 1.165) is 15.4 Å². The molecule has 0 spiro atoms. The van der Waals surface area contributed by atoms with E-state index in [1.807, 2.05) is 25.2 Å². The summed E-state index contributed by atoms with van der Waals surface area (Å²) in [5, 5.41) is 5.07. The minimum atomic E-state index is -0.00583. The zero-order chi connectivity index (χ0) is 10.3. The lowest BCUT2D eigenvalue weighted by Gasteiger charge is -1.93. The molecule has 4 heteroatoms. The number of rotatable bonds is 1. The molecule has 0 N–H and O–H groups in total. The van der Waals surface area contributed by atoms with Crippen molar-refractivity contribution >= 4 is 32.6 Å². The highest BCUT2D eigenvalue weighted by Crippen LogP contribution is 2.22. The minimum absolute atomic E-state index is 0.00583. The molecule has 0 aliphatic heterocycles. The first-order chi connectivity index (χ1) is 6.59. The number of Topliss-reactive ketones (excluding diaryl/α,β-unsaturated/α-hetero) is 1. The maximum absolute atomic E-state index is 11.3. The first-order valence-corrected chi connectivity index (χ1v) is 5.02. The third-order valence-electron chi connectivity index (χ3n) is 2.15. The van der Waals surface area contributed by atoms with Crippen LogP contribution in [0.1, 0.15) is 17.4 Å². The number of benzene rings is 1. The lowest BCUT2D eigenvalue weighted by atomic mass is 10.2. The highest BCUT2D eigenvalue weighted by Gasteiger charge is 2.11. The zero-order valence-corrected chi connectivity index (χ0v) is 9.50. The third kappa shape index (κ3) is 1.35. The van der Waals surface area contributed by atoms with Crippen LogP contribution in [0.3, 0.4) is 0 Å². The van der Waals surface area contributed by atoms with Crippen molar-refractivity contribution in [2.75, 3.05) is 0 Å².